The molecule has 66 valence electrons. The van der Waals surface area contributed by atoms with Crippen LogP contribution in [-0.2, 0) is 10.0 Å². The zero-order valence-corrected chi connectivity index (χ0v) is 8.03. The largest absolute Gasteiger partial charge is 0.213 e. The minimum absolute atomic E-state index is 0.353. The van der Waals surface area contributed by atoms with Crippen LogP contribution in [-0.4, -0.2) is 37.9 Å². The van der Waals surface area contributed by atoms with E-state index in [1.165, 1.54) is 10.6 Å². The second-order valence-electron chi connectivity index (χ2n) is 2.93. The molecule has 0 aromatic carbocycles. The number of hydrogen-bond acceptors (Lipinski definition) is 2. The lowest BCUT2D eigenvalue weighted by molar-refractivity contribution is 0.470. The van der Waals surface area contributed by atoms with E-state index in [0.717, 1.165) is 6.42 Å². The van der Waals surface area contributed by atoms with E-state index in [-0.39, 0.29) is 0 Å². The van der Waals surface area contributed by atoms with E-state index in [2.05, 4.69) is 0 Å². The number of rotatable bonds is 2. The highest BCUT2D eigenvalue weighted by Gasteiger charge is 2.27. The molecule has 0 N–H and O–H groups in total. The van der Waals surface area contributed by atoms with Crippen LogP contribution in [0.15, 0.2) is 0 Å². The Kier molecular flexibility index (Phi) is 2.78. The van der Waals surface area contributed by atoms with Crippen LogP contribution in [0.5, 0.6) is 0 Å². The van der Waals surface area contributed by atoms with Gasteiger partial charge in [0.15, 0.2) is 0 Å². The second-order valence-corrected chi connectivity index (χ2v) is 5.22. The third-order valence-electron chi connectivity index (χ3n) is 1.94. The fourth-order valence-corrected chi connectivity index (χ4v) is 2.39. The highest BCUT2D eigenvalue weighted by atomic mass is 35.5. The third-order valence-corrected chi connectivity index (χ3v) is 3.64. The minimum atomic E-state index is -2.97. The number of sulfonamides is 1. The summed E-state index contributed by atoms with van der Waals surface area (Å²) < 4.78 is 23.4. The van der Waals surface area contributed by atoms with Crippen molar-refractivity contribution in [3.63, 3.8) is 0 Å². The Balaban J connectivity index is 2.55. The SMILES string of the molecule is CS(=O)(=O)N1CC[C@H](CCl)C1. The van der Waals surface area contributed by atoms with Crippen molar-refractivity contribution in [1.29, 1.82) is 0 Å². The smallest absolute Gasteiger partial charge is 0.211 e. The summed E-state index contributed by atoms with van der Waals surface area (Å²) in [6.45, 7) is 1.23. The predicted octanol–water partition coefficient (Wildman–Crippen LogP) is 0.507. The van der Waals surface area contributed by atoms with Crippen LogP contribution in [0.1, 0.15) is 6.42 Å². The topological polar surface area (TPSA) is 37.4 Å². The standard InChI is InChI=1S/C6H12ClNO2S/c1-11(9,10)8-3-2-6(4-7)5-8/h6H,2-5H2,1H3/t6-/m1/s1. The number of alkyl halides is 1. The second kappa shape index (κ2) is 3.29. The molecule has 1 heterocycles. The van der Waals surface area contributed by atoms with Crippen molar-refractivity contribution in [2.24, 2.45) is 5.92 Å². The zero-order valence-electron chi connectivity index (χ0n) is 6.46. The van der Waals surface area contributed by atoms with Gasteiger partial charge in [-0.2, -0.15) is 0 Å². The lowest BCUT2D eigenvalue weighted by Gasteiger charge is -2.11. The molecule has 1 aliphatic heterocycles. The molecule has 0 aliphatic carbocycles. The van der Waals surface area contributed by atoms with Crippen LogP contribution in [0, 0.1) is 5.92 Å². The summed E-state index contributed by atoms with van der Waals surface area (Å²) in [5.74, 6) is 0.915. The molecule has 1 fully saturated rings. The van der Waals surface area contributed by atoms with E-state index in [9.17, 15) is 8.42 Å². The van der Waals surface area contributed by atoms with E-state index >= 15 is 0 Å². The van der Waals surface area contributed by atoms with Gasteiger partial charge in [0.2, 0.25) is 10.0 Å². The van der Waals surface area contributed by atoms with Gasteiger partial charge in [-0.1, -0.05) is 0 Å². The molecule has 5 heteroatoms. The van der Waals surface area contributed by atoms with Crippen molar-refractivity contribution in [3.05, 3.63) is 0 Å². The zero-order chi connectivity index (χ0) is 8.48. The lowest BCUT2D eigenvalue weighted by atomic mass is 10.2. The molecule has 1 rings (SSSR count). The molecule has 1 saturated heterocycles. The first kappa shape index (κ1) is 9.29. The summed E-state index contributed by atoms with van der Waals surface area (Å²) in [4.78, 5) is 0. The quantitative estimate of drug-likeness (QED) is 0.605. The van der Waals surface area contributed by atoms with E-state index in [1.54, 1.807) is 0 Å². The van der Waals surface area contributed by atoms with Gasteiger partial charge in [0, 0.05) is 19.0 Å². The fourth-order valence-electron chi connectivity index (χ4n) is 1.22. The van der Waals surface area contributed by atoms with Crippen molar-refractivity contribution in [2.45, 2.75) is 6.42 Å². The Morgan fingerprint density at radius 3 is 2.55 bits per heavy atom. The maximum absolute atomic E-state index is 11.0. The Morgan fingerprint density at radius 2 is 2.27 bits per heavy atom. The maximum Gasteiger partial charge on any atom is 0.211 e. The van der Waals surface area contributed by atoms with Crippen molar-refractivity contribution >= 4 is 21.6 Å². The molecule has 0 radical (unpaired) electrons. The van der Waals surface area contributed by atoms with Crippen LogP contribution in [0.2, 0.25) is 0 Å². The summed E-state index contributed by atoms with van der Waals surface area (Å²) in [5.41, 5.74) is 0. The lowest BCUT2D eigenvalue weighted by Crippen LogP contribution is -2.27. The fraction of sp³-hybridized carbons (Fsp3) is 1.00. The number of nitrogens with zero attached hydrogens (tertiary/aromatic N) is 1. The van der Waals surface area contributed by atoms with Crippen LogP contribution in [0.3, 0.4) is 0 Å². The summed E-state index contributed by atoms with van der Waals surface area (Å²) >= 11 is 5.60. The summed E-state index contributed by atoms with van der Waals surface area (Å²) in [5, 5.41) is 0. The van der Waals surface area contributed by atoms with Gasteiger partial charge in [0.1, 0.15) is 0 Å². The molecule has 0 aromatic rings. The molecular weight excluding hydrogens is 186 g/mol. The van der Waals surface area contributed by atoms with Crippen LogP contribution < -0.4 is 0 Å². The number of hydrogen-bond donors (Lipinski definition) is 0. The molecule has 0 bridgehead atoms. The maximum atomic E-state index is 11.0. The first-order valence-electron chi connectivity index (χ1n) is 3.55. The summed E-state index contributed by atoms with van der Waals surface area (Å²) in [7, 11) is -2.97. The normalized spacial score (nSPS) is 27.6. The Morgan fingerprint density at radius 1 is 1.64 bits per heavy atom. The van der Waals surface area contributed by atoms with Gasteiger partial charge >= 0.3 is 0 Å². The van der Waals surface area contributed by atoms with E-state index in [0.29, 0.717) is 24.9 Å². The van der Waals surface area contributed by atoms with Gasteiger partial charge in [-0.25, -0.2) is 12.7 Å². The van der Waals surface area contributed by atoms with Crippen LogP contribution in [0.4, 0.5) is 0 Å². The van der Waals surface area contributed by atoms with Gasteiger partial charge in [-0.3, -0.25) is 0 Å². The molecule has 11 heavy (non-hydrogen) atoms. The predicted molar refractivity (Wildman–Crippen MR) is 45.2 cm³/mol. The molecule has 1 atom stereocenters. The molecule has 0 saturated carbocycles. The van der Waals surface area contributed by atoms with E-state index < -0.39 is 10.0 Å². The average Bonchev–Trinajstić information content (AvgIpc) is 2.32. The molecule has 0 unspecified atom stereocenters. The summed E-state index contributed by atoms with van der Waals surface area (Å²) in [6, 6.07) is 0. The van der Waals surface area contributed by atoms with Crippen LogP contribution in [0.25, 0.3) is 0 Å². The number of halogens is 1. The minimum Gasteiger partial charge on any atom is -0.213 e. The Labute approximate surface area is 72.4 Å². The van der Waals surface area contributed by atoms with Crippen molar-refractivity contribution < 1.29 is 8.42 Å². The average molecular weight is 198 g/mol. The Bertz CT molecular complexity index is 227. The van der Waals surface area contributed by atoms with Gasteiger partial charge in [0.05, 0.1) is 6.26 Å². The first-order valence-corrected chi connectivity index (χ1v) is 5.93. The Hall–Kier alpha value is 0.200. The summed E-state index contributed by atoms with van der Waals surface area (Å²) in [6.07, 6.45) is 2.14. The molecule has 0 spiro atoms. The van der Waals surface area contributed by atoms with Crippen LogP contribution >= 0.6 is 11.6 Å². The highest BCUT2D eigenvalue weighted by molar-refractivity contribution is 7.88. The molecule has 0 aromatic heterocycles. The molecular formula is C6H12ClNO2S. The van der Waals surface area contributed by atoms with Crippen molar-refractivity contribution in [3.8, 4) is 0 Å². The van der Waals surface area contributed by atoms with Gasteiger partial charge < -0.3 is 0 Å². The third kappa shape index (κ3) is 2.32. The molecule has 0 amide bonds. The van der Waals surface area contributed by atoms with Crippen molar-refractivity contribution in [1.82, 2.24) is 4.31 Å². The van der Waals surface area contributed by atoms with E-state index in [1.807, 2.05) is 0 Å². The van der Waals surface area contributed by atoms with Gasteiger partial charge in [-0.05, 0) is 12.3 Å². The van der Waals surface area contributed by atoms with Gasteiger partial charge in [-0.15, -0.1) is 11.6 Å². The van der Waals surface area contributed by atoms with Gasteiger partial charge in [0.25, 0.3) is 0 Å². The molecule has 3 nitrogen and oxygen atoms in total. The van der Waals surface area contributed by atoms with Crippen molar-refractivity contribution in [2.75, 3.05) is 25.2 Å². The molecule has 1 aliphatic rings. The first-order chi connectivity index (χ1) is 5.04. The monoisotopic (exact) mass is 197 g/mol. The van der Waals surface area contributed by atoms with E-state index in [4.69, 9.17) is 11.6 Å². The highest BCUT2D eigenvalue weighted by Crippen LogP contribution is 2.19.